The Morgan fingerprint density at radius 1 is 1.21 bits per heavy atom. The van der Waals surface area contributed by atoms with E-state index in [1.165, 1.54) is 32.1 Å². The summed E-state index contributed by atoms with van der Waals surface area (Å²) >= 11 is 0. The van der Waals surface area contributed by atoms with Crippen molar-refractivity contribution in [2.75, 3.05) is 6.61 Å². The van der Waals surface area contributed by atoms with Crippen LogP contribution in [-0.2, 0) is 0 Å². The number of hydrogen-bond donors (Lipinski definition) is 1. The van der Waals surface area contributed by atoms with Gasteiger partial charge in [0, 0.05) is 12.5 Å². The van der Waals surface area contributed by atoms with Crippen molar-refractivity contribution >= 4 is 0 Å². The highest BCUT2D eigenvalue weighted by molar-refractivity contribution is 5.41. The van der Waals surface area contributed by atoms with Crippen molar-refractivity contribution in [3.05, 3.63) is 11.1 Å². The van der Waals surface area contributed by atoms with Crippen LogP contribution in [0.15, 0.2) is 11.1 Å². The average molecular weight is 262 g/mol. The molecule has 0 radical (unpaired) electrons. The molecule has 1 N–H and O–H groups in total. The lowest BCUT2D eigenvalue weighted by Crippen LogP contribution is -2.43. The Kier molecular flexibility index (Phi) is 2.79. The smallest absolute Gasteiger partial charge is 0.0493 e. The van der Waals surface area contributed by atoms with Crippen LogP contribution < -0.4 is 0 Å². The second kappa shape index (κ2) is 3.87. The van der Waals surface area contributed by atoms with E-state index in [0.29, 0.717) is 28.8 Å². The van der Waals surface area contributed by atoms with E-state index in [9.17, 15) is 5.11 Å². The van der Waals surface area contributed by atoms with Crippen LogP contribution >= 0.6 is 0 Å². The maximum absolute atomic E-state index is 9.64. The van der Waals surface area contributed by atoms with Gasteiger partial charge >= 0.3 is 0 Å². The van der Waals surface area contributed by atoms with E-state index in [4.69, 9.17) is 0 Å². The topological polar surface area (TPSA) is 20.2 Å². The summed E-state index contributed by atoms with van der Waals surface area (Å²) in [5, 5.41) is 9.64. The number of aliphatic hydroxyl groups is 1. The molecule has 1 heteroatoms. The van der Waals surface area contributed by atoms with Crippen LogP contribution in [0.3, 0.4) is 0 Å². The summed E-state index contributed by atoms with van der Waals surface area (Å²) in [5.41, 5.74) is 4.67. The number of fused-ring (bicyclic) bond motifs is 1. The molecule has 3 aliphatic carbocycles. The zero-order valence-corrected chi connectivity index (χ0v) is 13.3. The van der Waals surface area contributed by atoms with Crippen molar-refractivity contribution in [1.82, 2.24) is 0 Å². The van der Waals surface area contributed by atoms with Gasteiger partial charge in [0.05, 0.1) is 0 Å². The van der Waals surface area contributed by atoms with Gasteiger partial charge in [-0.25, -0.2) is 0 Å². The zero-order valence-electron chi connectivity index (χ0n) is 13.3. The first-order valence-electron chi connectivity index (χ1n) is 8.11. The average Bonchev–Trinajstić information content (AvgIpc) is 2.86. The molecule has 3 rings (SSSR count). The molecule has 0 aromatic rings. The third-order valence-electron chi connectivity index (χ3n) is 7.16. The number of aliphatic hydroxyl groups excluding tert-OH is 1. The molecule has 0 heterocycles. The Hall–Kier alpha value is -0.300. The molecule has 108 valence electrons. The van der Waals surface area contributed by atoms with E-state index in [-0.39, 0.29) is 0 Å². The molecular weight excluding hydrogens is 232 g/mol. The van der Waals surface area contributed by atoms with Gasteiger partial charge < -0.3 is 5.11 Å². The number of allylic oxidation sites excluding steroid dienone is 1. The molecule has 3 aliphatic rings. The van der Waals surface area contributed by atoms with Crippen molar-refractivity contribution < 1.29 is 5.11 Å². The lowest BCUT2D eigenvalue weighted by Gasteiger charge is -2.53. The number of hydrogen-bond acceptors (Lipinski definition) is 1. The van der Waals surface area contributed by atoms with E-state index < -0.39 is 0 Å². The first-order valence-corrected chi connectivity index (χ1v) is 8.11. The van der Waals surface area contributed by atoms with Crippen molar-refractivity contribution in [1.29, 1.82) is 0 Å². The van der Waals surface area contributed by atoms with Gasteiger partial charge in [0.2, 0.25) is 0 Å². The summed E-state index contributed by atoms with van der Waals surface area (Å²) in [4.78, 5) is 0. The summed E-state index contributed by atoms with van der Waals surface area (Å²) in [6.07, 6.45) is 6.73. The maximum Gasteiger partial charge on any atom is 0.0493 e. The summed E-state index contributed by atoms with van der Waals surface area (Å²) in [7, 11) is 0. The van der Waals surface area contributed by atoms with Crippen LogP contribution in [0.25, 0.3) is 0 Å². The quantitative estimate of drug-likeness (QED) is 0.723. The molecule has 0 saturated heterocycles. The molecular formula is C18H30O. The Morgan fingerprint density at radius 3 is 2.53 bits per heavy atom. The highest BCUT2D eigenvalue weighted by Crippen LogP contribution is 2.75. The molecule has 1 nitrogen and oxygen atoms in total. The van der Waals surface area contributed by atoms with E-state index in [2.05, 4.69) is 34.6 Å². The standard InChI is InChI=1S/C18H30O/c1-12(11-19)14-7-8-16(2,3)18-9-6-13(10-18)17(4,5)15(14)18/h12-13,19H,6-11H2,1-5H3/t12?,13-,18-/m0/s1. The molecule has 1 unspecified atom stereocenters. The lowest BCUT2D eigenvalue weighted by atomic mass is 9.51. The van der Waals surface area contributed by atoms with Gasteiger partial charge in [0.1, 0.15) is 0 Å². The molecule has 2 fully saturated rings. The van der Waals surface area contributed by atoms with Crippen molar-refractivity contribution in [3.63, 3.8) is 0 Å². The molecule has 0 aliphatic heterocycles. The van der Waals surface area contributed by atoms with Crippen LogP contribution in [0.2, 0.25) is 0 Å². The van der Waals surface area contributed by atoms with Crippen LogP contribution in [-0.4, -0.2) is 11.7 Å². The lowest BCUT2D eigenvalue weighted by molar-refractivity contribution is 0.0801. The molecule has 1 spiro atoms. The van der Waals surface area contributed by atoms with E-state index >= 15 is 0 Å². The van der Waals surface area contributed by atoms with Gasteiger partial charge in [-0.05, 0) is 54.3 Å². The molecule has 0 aromatic heterocycles. The monoisotopic (exact) mass is 262 g/mol. The maximum atomic E-state index is 9.64. The fourth-order valence-corrected chi connectivity index (χ4v) is 5.80. The molecule has 19 heavy (non-hydrogen) atoms. The summed E-state index contributed by atoms with van der Waals surface area (Å²) < 4.78 is 0. The molecule has 2 bridgehead atoms. The molecule has 0 aromatic carbocycles. The van der Waals surface area contributed by atoms with Crippen molar-refractivity contribution in [3.8, 4) is 0 Å². The fourth-order valence-electron chi connectivity index (χ4n) is 5.80. The highest BCUT2D eigenvalue weighted by Gasteiger charge is 2.65. The largest absolute Gasteiger partial charge is 0.396 e. The van der Waals surface area contributed by atoms with E-state index in [0.717, 1.165) is 5.92 Å². The first-order chi connectivity index (χ1) is 8.76. The van der Waals surface area contributed by atoms with Gasteiger partial charge in [0.15, 0.2) is 0 Å². The summed E-state index contributed by atoms with van der Waals surface area (Å²) in [5.74, 6) is 1.24. The fraction of sp³-hybridized carbons (Fsp3) is 0.889. The van der Waals surface area contributed by atoms with Gasteiger partial charge in [0.25, 0.3) is 0 Å². The zero-order chi connectivity index (χ0) is 14.1. The Morgan fingerprint density at radius 2 is 1.89 bits per heavy atom. The Bertz CT molecular complexity index is 429. The minimum absolute atomic E-state index is 0.316. The third-order valence-corrected chi connectivity index (χ3v) is 7.16. The second-order valence-electron chi connectivity index (χ2n) is 8.61. The van der Waals surface area contributed by atoms with Crippen LogP contribution in [0.4, 0.5) is 0 Å². The van der Waals surface area contributed by atoms with Crippen molar-refractivity contribution in [2.24, 2.45) is 28.1 Å². The number of rotatable bonds is 2. The predicted molar refractivity (Wildman–Crippen MR) is 79.8 cm³/mol. The van der Waals surface area contributed by atoms with Gasteiger partial charge in [-0.1, -0.05) is 45.8 Å². The van der Waals surface area contributed by atoms with E-state index in [1.807, 2.05) is 0 Å². The molecule has 2 saturated carbocycles. The van der Waals surface area contributed by atoms with E-state index in [1.54, 1.807) is 11.1 Å². The molecule has 3 atom stereocenters. The summed E-state index contributed by atoms with van der Waals surface area (Å²) in [6.45, 7) is 12.5. The normalized spacial score (nSPS) is 40.4. The van der Waals surface area contributed by atoms with Gasteiger partial charge in [-0.15, -0.1) is 0 Å². The van der Waals surface area contributed by atoms with Gasteiger partial charge in [-0.2, -0.15) is 0 Å². The summed E-state index contributed by atoms with van der Waals surface area (Å²) in [6, 6.07) is 0. The Balaban J connectivity index is 2.20. The minimum Gasteiger partial charge on any atom is -0.396 e. The third kappa shape index (κ3) is 1.51. The van der Waals surface area contributed by atoms with Crippen LogP contribution in [0, 0.1) is 28.1 Å². The molecule has 0 amide bonds. The highest BCUT2D eigenvalue weighted by atomic mass is 16.3. The first kappa shape index (κ1) is 13.7. The predicted octanol–water partition coefficient (Wildman–Crippen LogP) is 4.56. The minimum atomic E-state index is 0.316. The van der Waals surface area contributed by atoms with Crippen LogP contribution in [0.5, 0.6) is 0 Å². The van der Waals surface area contributed by atoms with Crippen molar-refractivity contribution in [2.45, 2.75) is 66.7 Å². The Labute approximate surface area is 118 Å². The van der Waals surface area contributed by atoms with Crippen LogP contribution in [0.1, 0.15) is 66.7 Å². The van der Waals surface area contributed by atoms with Gasteiger partial charge in [-0.3, -0.25) is 0 Å². The SMILES string of the molecule is CC(CO)C1=C2C(C)(C)[C@H]3CC[C@@]2(C3)C(C)(C)CC1. The second-order valence-corrected chi connectivity index (χ2v) is 8.61.